The van der Waals surface area contributed by atoms with Crippen molar-refractivity contribution in [1.82, 2.24) is 9.80 Å². The average molecular weight is 607 g/mol. The number of fused-ring (bicyclic) bond motifs is 1. The summed E-state index contributed by atoms with van der Waals surface area (Å²) in [5.74, 6) is 12.3. The average Bonchev–Trinajstić information content (AvgIpc) is 3.78. The van der Waals surface area contributed by atoms with Gasteiger partial charge in [0.1, 0.15) is 12.2 Å². The third-order valence-corrected chi connectivity index (χ3v) is 9.32. The van der Waals surface area contributed by atoms with Crippen LogP contribution in [0, 0.1) is 23.7 Å². The van der Waals surface area contributed by atoms with E-state index in [9.17, 15) is 4.79 Å². The second kappa shape index (κ2) is 13.2. The Bertz CT molecular complexity index is 1490. The monoisotopic (exact) mass is 606 g/mol. The van der Waals surface area contributed by atoms with E-state index in [2.05, 4.69) is 47.9 Å². The zero-order chi connectivity index (χ0) is 29.6. The zero-order valence-corrected chi connectivity index (χ0v) is 25.9. The van der Waals surface area contributed by atoms with Gasteiger partial charge < -0.3 is 19.3 Å². The number of benzene rings is 2. The second-order valence-corrected chi connectivity index (χ2v) is 13.1. The lowest BCUT2D eigenvalue weighted by Gasteiger charge is -2.35. The van der Waals surface area contributed by atoms with Crippen molar-refractivity contribution >= 4 is 28.7 Å². The van der Waals surface area contributed by atoms with Crippen LogP contribution < -0.4 is 0 Å². The summed E-state index contributed by atoms with van der Waals surface area (Å²) in [6.45, 7) is 4.47. The summed E-state index contributed by atoms with van der Waals surface area (Å²) >= 11 is 3.19. The smallest absolute Gasteiger partial charge is 0.322 e. The minimum Gasteiger partial charge on any atom is -0.342 e. The van der Waals surface area contributed by atoms with Gasteiger partial charge in [0.2, 0.25) is 0 Å². The minimum absolute atomic E-state index is 0.0952. The van der Waals surface area contributed by atoms with Crippen molar-refractivity contribution in [3.05, 3.63) is 117 Å². The van der Waals surface area contributed by atoms with Gasteiger partial charge in [-0.25, -0.2) is 4.79 Å². The van der Waals surface area contributed by atoms with Gasteiger partial charge in [-0.1, -0.05) is 96.5 Å². The summed E-state index contributed by atoms with van der Waals surface area (Å²) in [6.07, 6.45) is 0.541. The van der Waals surface area contributed by atoms with Crippen LogP contribution in [0.3, 0.4) is 0 Å². The number of nitrogens with zero attached hydrogens (tertiary/aromatic N) is 2. The highest BCUT2D eigenvalue weighted by Crippen LogP contribution is 2.39. The quantitative estimate of drug-likeness (QED) is 0.230. The van der Waals surface area contributed by atoms with Gasteiger partial charge in [-0.2, -0.15) is 0 Å². The summed E-state index contributed by atoms with van der Waals surface area (Å²) in [4.78, 5) is 20.5. The molecule has 2 aromatic carbocycles. The molecule has 2 saturated heterocycles. The van der Waals surface area contributed by atoms with Crippen molar-refractivity contribution in [3.63, 3.8) is 0 Å². The van der Waals surface area contributed by atoms with E-state index in [1.54, 1.807) is 22.7 Å². The first-order valence-corrected chi connectivity index (χ1v) is 16.3. The third kappa shape index (κ3) is 7.04. The maximum atomic E-state index is 14.7. The van der Waals surface area contributed by atoms with Gasteiger partial charge in [0.05, 0.1) is 34.9 Å². The number of thiophene rings is 2. The van der Waals surface area contributed by atoms with Crippen LogP contribution in [-0.2, 0) is 22.3 Å². The molecule has 0 saturated carbocycles. The Morgan fingerprint density at radius 1 is 0.674 bits per heavy atom. The molecule has 6 rings (SSSR count). The lowest BCUT2D eigenvalue weighted by molar-refractivity contribution is -0.156. The molecule has 2 fully saturated rings. The Morgan fingerprint density at radius 3 is 1.51 bits per heavy atom. The largest absolute Gasteiger partial charge is 0.342 e. The Labute approximate surface area is 262 Å². The number of urea groups is 1. The highest BCUT2D eigenvalue weighted by molar-refractivity contribution is 7.10. The van der Waals surface area contributed by atoms with Crippen LogP contribution in [0.15, 0.2) is 95.7 Å². The highest BCUT2D eigenvalue weighted by atomic mass is 32.1. The first-order valence-electron chi connectivity index (χ1n) is 14.5. The summed E-state index contributed by atoms with van der Waals surface area (Å²) in [6, 6.07) is 27.9. The van der Waals surface area contributed by atoms with Crippen LogP contribution in [0.25, 0.3) is 0 Å². The number of hydrogen-bond acceptors (Lipinski definition) is 5. The lowest BCUT2D eigenvalue weighted by atomic mass is 9.91. The molecule has 5 nitrogen and oxygen atoms in total. The first-order chi connectivity index (χ1) is 21.0. The van der Waals surface area contributed by atoms with E-state index in [-0.39, 0.29) is 43.4 Å². The molecular formula is C36H34N2O3S2. The molecule has 218 valence electrons. The van der Waals surface area contributed by atoms with E-state index in [0.717, 1.165) is 20.9 Å². The molecule has 0 radical (unpaired) electrons. The SMILES string of the molecule is CC1(C)O[C@@H]2[C@@H](O1)[C@@H](Cc1ccccc1)N(CC#Cc1cccs1)C(=O)N(CC#Cc1cccs1)[C@@H]2Cc1ccccc1. The molecule has 2 aliphatic rings. The van der Waals surface area contributed by atoms with Crippen LogP contribution in [-0.4, -0.2) is 59.0 Å². The minimum atomic E-state index is -0.803. The number of amides is 2. The molecule has 2 amide bonds. The maximum absolute atomic E-state index is 14.7. The van der Waals surface area contributed by atoms with Crippen molar-refractivity contribution < 1.29 is 14.3 Å². The number of ether oxygens (including phenoxy) is 2. The number of carbonyl (C=O) groups is 1. The standard InChI is InChI=1S/C36H34N2O3S2/c1-36(2)40-33-31(25-27-13-5-3-6-14-27)37(21-9-17-29-19-11-23-42-29)35(39)38(22-10-18-30-20-12-24-43-30)32(34(33)41-36)26-28-15-7-4-8-16-28/h3-8,11-16,19-20,23-24,31-34H,21-22,25-26H2,1-2H3/t31-,32-,33+,34+/m1/s1. The van der Waals surface area contributed by atoms with Crippen molar-refractivity contribution in [2.24, 2.45) is 0 Å². The topological polar surface area (TPSA) is 42.0 Å². The number of hydrogen-bond donors (Lipinski definition) is 0. The molecule has 0 N–H and O–H groups in total. The first kappa shape index (κ1) is 29.2. The molecule has 2 aromatic heterocycles. The summed E-state index contributed by atoms with van der Waals surface area (Å²) < 4.78 is 13.4. The Kier molecular flexibility index (Phi) is 8.98. The molecule has 0 aliphatic carbocycles. The van der Waals surface area contributed by atoms with Gasteiger partial charge in [-0.05, 0) is 60.7 Å². The molecule has 0 unspecified atom stereocenters. The van der Waals surface area contributed by atoms with Crippen molar-refractivity contribution in [2.45, 2.75) is 56.8 Å². The maximum Gasteiger partial charge on any atom is 0.322 e. The molecule has 0 spiro atoms. The zero-order valence-electron chi connectivity index (χ0n) is 24.3. The van der Waals surface area contributed by atoms with Gasteiger partial charge in [0.25, 0.3) is 0 Å². The van der Waals surface area contributed by atoms with Gasteiger partial charge in [-0.3, -0.25) is 0 Å². The fraction of sp³-hybridized carbons (Fsp3) is 0.306. The fourth-order valence-electron chi connectivity index (χ4n) is 5.87. The van der Waals surface area contributed by atoms with E-state index in [0.29, 0.717) is 12.8 Å². The van der Waals surface area contributed by atoms with Crippen LogP contribution in [0.5, 0.6) is 0 Å². The van der Waals surface area contributed by atoms with Crippen LogP contribution in [0.4, 0.5) is 4.79 Å². The highest BCUT2D eigenvalue weighted by Gasteiger charge is 2.55. The Morgan fingerprint density at radius 2 is 1.12 bits per heavy atom. The Hall–Kier alpha value is -3.85. The molecular weight excluding hydrogens is 573 g/mol. The third-order valence-electron chi connectivity index (χ3n) is 7.75. The fourth-order valence-corrected chi connectivity index (χ4v) is 7.06. The van der Waals surface area contributed by atoms with Crippen LogP contribution in [0.2, 0.25) is 0 Å². The van der Waals surface area contributed by atoms with Gasteiger partial charge in [-0.15, -0.1) is 22.7 Å². The van der Waals surface area contributed by atoms with E-state index in [1.807, 2.05) is 95.1 Å². The van der Waals surface area contributed by atoms with E-state index in [4.69, 9.17) is 9.47 Å². The predicted molar refractivity (Wildman–Crippen MR) is 173 cm³/mol. The van der Waals surface area contributed by atoms with E-state index < -0.39 is 5.79 Å². The second-order valence-electron chi connectivity index (χ2n) is 11.2. The van der Waals surface area contributed by atoms with Gasteiger partial charge in [0, 0.05) is 0 Å². The van der Waals surface area contributed by atoms with Crippen LogP contribution >= 0.6 is 22.7 Å². The molecule has 43 heavy (non-hydrogen) atoms. The number of carbonyl (C=O) groups excluding carboxylic acids is 1. The molecule has 4 atom stereocenters. The lowest BCUT2D eigenvalue weighted by Crippen LogP contribution is -2.52. The molecule has 7 heteroatoms. The molecule has 2 aliphatic heterocycles. The molecule has 4 aromatic rings. The summed E-state index contributed by atoms with van der Waals surface area (Å²) in [5.41, 5.74) is 2.27. The van der Waals surface area contributed by atoms with Gasteiger partial charge in [0.15, 0.2) is 5.79 Å². The molecule has 4 heterocycles. The van der Waals surface area contributed by atoms with E-state index >= 15 is 0 Å². The Balaban J connectivity index is 1.43. The van der Waals surface area contributed by atoms with Gasteiger partial charge >= 0.3 is 6.03 Å². The predicted octanol–water partition coefficient (Wildman–Crippen LogP) is 6.69. The summed E-state index contributed by atoms with van der Waals surface area (Å²) in [7, 11) is 0. The summed E-state index contributed by atoms with van der Waals surface area (Å²) in [5, 5.41) is 4.02. The molecule has 0 bridgehead atoms. The van der Waals surface area contributed by atoms with E-state index in [1.165, 1.54) is 0 Å². The van der Waals surface area contributed by atoms with Crippen molar-refractivity contribution in [1.29, 1.82) is 0 Å². The van der Waals surface area contributed by atoms with Crippen molar-refractivity contribution in [2.75, 3.05) is 13.1 Å². The van der Waals surface area contributed by atoms with Crippen molar-refractivity contribution in [3.8, 4) is 23.7 Å². The van der Waals surface area contributed by atoms with Crippen LogP contribution in [0.1, 0.15) is 34.7 Å². The number of rotatable bonds is 6. The normalized spacial score (nSPS) is 22.6.